The molecular weight excluding hydrogens is 525 g/mol. The van der Waals surface area contributed by atoms with E-state index in [-0.39, 0.29) is 24.0 Å². The van der Waals surface area contributed by atoms with Crippen LogP contribution in [-0.2, 0) is 20.5 Å². The maximum atomic E-state index is 13.2. The number of amides is 3. The minimum Gasteiger partial charge on any atom is -0.444 e. The van der Waals surface area contributed by atoms with E-state index in [0.29, 0.717) is 17.5 Å². The lowest BCUT2D eigenvalue weighted by Gasteiger charge is -2.38. The van der Waals surface area contributed by atoms with Crippen LogP contribution < -0.4 is 10.6 Å². The van der Waals surface area contributed by atoms with E-state index in [2.05, 4.69) is 15.6 Å². The van der Waals surface area contributed by atoms with E-state index in [1.807, 2.05) is 6.92 Å². The van der Waals surface area contributed by atoms with E-state index in [1.54, 1.807) is 27.7 Å². The molecule has 2 atom stereocenters. The number of alkyl halides is 3. The van der Waals surface area contributed by atoms with Crippen molar-refractivity contribution in [3.05, 3.63) is 52.2 Å². The fraction of sp³-hybridized carbons (Fsp3) is 0.462. The number of pyridine rings is 1. The molecule has 0 bridgehead atoms. The maximum Gasteiger partial charge on any atom is 0.417 e. The number of nitrogens with zero attached hydrogens (tertiary/aromatic N) is 2. The lowest BCUT2D eigenvalue weighted by molar-refractivity contribution is -0.146. The minimum atomic E-state index is -4.60. The van der Waals surface area contributed by atoms with Gasteiger partial charge in [-0.15, -0.1) is 0 Å². The Kier molecular flexibility index (Phi) is 8.60. The number of hydrogen-bond donors (Lipinski definition) is 2. The Hall–Kier alpha value is -3.34. The first-order valence-electron chi connectivity index (χ1n) is 12.0. The molecule has 1 saturated heterocycles. The van der Waals surface area contributed by atoms with Crippen molar-refractivity contribution in [3.63, 3.8) is 0 Å². The molecule has 2 heterocycles. The van der Waals surface area contributed by atoms with Gasteiger partial charge >= 0.3 is 24.1 Å². The van der Waals surface area contributed by atoms with Crippen molar-refractivity contribution in [3.8, 4) is 0 Å². The molecule has 8 nitrogen and oxygen atoms in total. The zero-order chi connectivity index (χ0) is 28.4. The fourth-order valence-corrected chi connectivity index (χ4v) is 4.48. The van der Waals surface area contributed by atoms with Crippen LogP contribution in [0.3, 0.4) is 0 Å². The first-order valence-corrected chi connectivity index (χ1v) is 12.4. The highest BCUT2D eigenvalue weighted by atomic mass is 35.5. The van der Waals surface area contributed by atoms with Gasteiger partial charge in [-0.05, 0) is 75.8 Å². The maximum absolute atomic E-state index is 13.2. The van der Waals surface area contributed by atoms with Gasteiger partial charge in [0.1, 0.15) is 11.4 Å². The Bertz CT molecular complexity index is 1230. The van der Waals surface area contributed by atoms with Crippen LogP contribution >= 0.6 is 11.6 Å². The predicted octanol–water partition coefficient (Wildman–Crippen LogP) is 6.35. The number of rotatable bonds is 3. The summed E-state index contributed by atoms with van der Waals surface area (Å²) in [5.41, 5.74) is -0.483. The molecule has 1 aliphatic rings. The molecule has 3 amide bonds. The molecule has 1 fully saturated rings. The molecule has 3 rings (SSSR count). The van der Waals surface area contributed by atoms with Crippen molar-refractivity contribution in [2.75, 3.05) is 17.2 Å². The molecule has 0 spiro atoms. The van der Waals surface area contributed by atoms with Gasteiger partial charge in [-0.25, -0.2) is 9.78 Å². The topological polar surface area (TPSA) is 101 Å². The summed E-state index contributed by atoms with van der Waals surface area (Å²) in [4.78, 5) is 43.6. The van der Waals surface area contributed by atoms with Gasteiger partial charge in [-0.1, -0.05) is 24.6 Å². The third-order valence-corrected chi connectivity index (χ3v) is 6.22. The first kappa shape index (κ1) is 29.2. The second-order valence-electron chi connectivity index (χ2n) is 10.4. The lowest BCUT2D eigenvalue weighted by Crippen LogP contribution is -2.46. The summed E-state index contributed by atoms with van der Waals surface area (Å²) in [7, 11) is 0. The van der Waals surface area contributed by atoms with E-state index in [1.165, 1.54) is 29.3 Å². The second kappa shape index (κ2) is 11.2. The van der Waals surface area contributed by atoms with Crippen molar-refractivity contribution in [1.29, 1.82) is 0 Å². The summed E-state index contributed by atoms with van der Waals surface area (Å²) in [6.07, 6.45) is -2.81. The number of carbonyl (C=O) groups excluding carboxylic acids is 3. The summed E-state index contributed by atoms with van der Waals surface area (Å²) in [6.45, 7) is 9.02. The van der Waals surface area contributed by atoms with Gasteiger partial charge < -0.3 is 15.0 Å². The fourth-order valence-electron chi connectivity index (χ4n) is 4.18. The first-order chi connectivity index (χ1) is 17.5. The van der Waals surface area contributed by atoms with Gasteiger partial charge in [0, 0.05) is 6.54 Å². The van der Waals surface area contributed by atoms with E-state index >= 15 is 0 Å². The van der Waals surface area contributed by atoms with Crippen molar-refractivity contribution >= 4 is 41.0 Å². The molecule has 0 saturated carbocycles. The molecule has 2 aromatic rings. The van der Waals surface area contributed by atoms with Crippen molar-refractivity contribution in [2.45, 2.75) is 65.3 Å². The highest BCUT2D eigenvalue weighted by molar-refractivity contribution is 6.39. The smallest absolute Gasteiger partial charge is 0.417 e. The van der Waals surface area contributed by atoms with Crippen LogP contribution in [0.5, 0.6) is 0 Å². The molecule has 1 aliphatic heterocycles. The van der Waals surface area contributed by atoms with Crippen LogP contribution in [-0.4, -0.2) is 39.9 Å². The number of anilines is 2. The molecule has 0 radical (unpaired) electrons. The molecule has 1 aromatic heterocycles. The minimum absolute atomic E-state index is 0.0926. The summed E-state index contributed by atoms with van der Waals surface area (Å²) in [5, 5.41) is 4.58. The molecule has 206 valence electrons. The number of aromatic nitrogens is 1. The Morgan fingerprint density at radius 2 is 1.79 bits per heavy atom. The zero-order valence-corrected chi connectivity index (χ0v) is 22.5. The van der Waals surface area contributed by atoms with Gasteiger partial charge in [0.25, 0.3) is 0 Å². The highest BCUT2D eigenvalue weighted by Gasteiger charge is 2.37. The molecule has 0 aliphatic carbocycles. The van der Waals surface area contributed by atoms with Crippen molar-refractivity contribution in [1.82, 2.24) is 9.88 Å². The van der Waals surface area contributed by atoms with Gasteiger partial charge in [0.05, 0.1) is 28.5 Å². The SMILES string of the molecule is Cc1cc(NC(=O)C(=O)N2CC(C)CCC2c2ccc(C(F)(F)F)c(Cl)c2)cnc1NC(=O)OC(C)(C)C. The predicted molar refractivity (Wildman–Crippen MR) is 137 cm³/mol. The Morgan fingerprint density at radius 3 is 2.37 bits per heavy atom. The van der Waals surface area contributed by atoms with Crippen LogP contribution in [0.25, 0.3) is 0 Å². The number of carbonyl (C=O) groups is 3. The number of likely N-dealkylation sites (tertiary alicyclic amines) is 1. The molecule has 12 heteroatoms. The second-order valence-corrected chi connectivity index (χ2v) is 10.8. The van der Waals surface area contributed by atoms with Gasteiger partial charge in [-0.3, -0.25) is 14.9 Å². The lowest BCUT2D eigenvalue weighted by atomic mass is 9.89. The molecule has 2 N–H and O–H groups in total. The largest absolute Gasteiger partial charge is 0.444 e. The van der Waals surface area contributed by atoms with Crippen LogP contribution in [0.1, 0.15) is 63.3 Å². The number of benzene rings is 1. The summed E-state index contributed by atoms with van der Waals surface area (Å²) >= 11 is 5.91. The number of piperidine rings is 1. The van der Waals surface area contributed by atoms with Gasteiger partial charge in [0.15, 0.2) is 0 Å². The highest BCUT2D eigenvalue weighted by Crippen LogP contribution is 2.39. The van der Waals surface area contributed by atoms with Crippen LogP contribution in [0.4, 0.5) is 29.5 Å². The van der Waals surface area contributed by atoms with E-state index in [9.17, 15) is 27.6 Å². The number of ether oxygens (including phenoxy) is 1. The van der Waals surface area contributed by atoms with Crippen LogP contribution in [0.2, 0.25) is 5.02 Å². The van der Waals surface area contributed by atoms with E-state index in [0.717, 1.165) is 12.5 Å². The average molecular weight is 555 g/mol. The monoisotopic (exact) mass is 554 g/mol. The molecular formula is C26H30ClF3N4O4. The number of hydrogen-bond acceptors (Lipinski definition) is 5. The van der Waals surface area contributed by atoms with Gasteiger partial charge in [0.2, 0.25) is 0 Å². The Morgan fingerprint density at radius 1 is 1.11 bits per heavy atom. The number of aryl methyl sites for hydroxylation is 1. The van der Waals surface area contributed by atoms with Crippen molar-refractivity contribution < 1.29 is 32.3 Å². The third-order valence-electron chi connectivity index (χ3n) is 5.91. The third kappa shape index (κ3) is 7.37. The molecule has 2 unspecified atom stereocenters. The van der Waals surface area contributed by atoms with Crippen molar-refractivity contribution in [2.24, 2.45) is 5.92 Å². The van der Waals surface area contributed by atoms with Crippen LogP contribution in [0.15, 0.2) is 30.5 Å². The number of nitrogens with one attached hydrogen (secondary N) is 2. The zero-order valence-electron chi connectivity index (χ0n) is 21.7. The van der Waals surface area contributed by atoms with E-state index < -0.39 is 46.3 Å². The average Bonchev–Trinajstić information content (AvgIpc) is 2.78. The summed E-state index contributed by atoms with van der Waals surface area (Å²) in [6, 6.07) is 4.31. The van der Waals surface area contributed by atoms with E-state index in [4.69, 9.17) is 16.3 Å². The standard InChI is InChI=1S/C26H30ClF3N4O4/c1-14-6-9-20(16-7-8-18(19(27)11-16)26(28,29)30)34(13-14)23(36)22(35)32-17-10-15(2)21(31-12-17)33-24(37)38-25(3,4)5/h7-8,10-12,14,20H,6,9,13H2,1-5H3,(H,32,35)(H,31,33,37). The molecule has 38 heavy (non-hydrogen) atoms. The molecule has 1 aromatic carbocycles. The van der Waals surface area contributed by atoms with Gasteiger partial charge in [-0.2, -0.15) is 13.2 Å². The Labute approximate surface area is 223 Å². The quantitative estimate of drug-likeness (QED) is 0.431. The summed E-state index contributed by atoms with van der Waals surface area (Å²) < 4.78 is 44.6. The van der Waals surface area contributed by atoms with Crippen LogP contribution in [0, 0.1) is 12.8 Å². The normalized spacial score (nSPS) is 18.1. The summed E-state index contributed by atoms with van der Waals surface area (Å²) in [5.74, 6) is -1.43. The Balaban J connectivity index is 1.75. The number of halogens is 4.